The van der Waals surface area contributed by atoms with Crippen LogP contribution in [-0.2, 0) is 21.0 Å². The van der Waals surface area contributed by atoms with Gasteiger partial charge in [-0.15, -0.1) is 0 Å². The van der Waals surface area contributed by atoms with E-state index >= 15 is 0 Å². The molecular formula is C16H14ClF3N2O4S. The van der Waals surface area contributed by atoms with E-state index in [0.717, 1.165) is 6.07 Å². The molecule has 2 N–H and O–H groups in total. The molecule has 0 aromatic heterocycles. The quantitative estimate of drug-likeness (QED) is 0.758. The van der Waals surface area contributed by atoms with Crippen LogP contribution in [0.4, 0.5) is 24.5 Å². The number of halogens is 4. The summed E-state index contributed by atoms with van der Waals surface area (Å²) in [5.74, 6) is -0.300. The predicted octanol–water partition coefficient (Wildman–Crippen LogP) is 4.13. The third kappa shape index (κ3) is 5.04. The van der Waals surface area contributed by atoms with Crippen molar-refractivity contribution in [2.24, 2.45) is 0 Å². The molecule has 0 saturated carbocycles. The zero-order valence-corrected chi connectivity index (χ0v) is 15.6. The molecule has 0 fully saturated rings. The Morgan fingerprint density at radius 2 is 1.81 bits per heavy atom. The molecule has 0 bridgehead atoms. The Balaban J connectivity index is 2.49. The summed E-state index contributed by atoms with van der Waals surface area (Å²) in [7, 11) is -3.20. The highest BCUT2D eigenvalue weighted by atomic mass is 35.5. The van der Waals surface area contributed by atoms with Crippen LogP contribution in [0.25, 0.3) is 0 Å². The molecular weight excluding hydrogens is 409 g/mol. The number of methoxy groups -OCH3 is 1. The van der Waals surface area contributed by atoms with Crippen molar-refractivity contribution in [3.8, 4) is 5.75 Å². The van der Waals surface area contributed by atoms with Crippen molar-refractivity contribution in [3.05, 3.63) is 47.0 Å². The van der Waals surface area contributed by atoms with Gasteiger partial charge in [0.05, 0.1) is 23.4 Å². The van der Waals surface area contributed by atoms with Gasteiger partial charge in [0.25, 0.3) is 10.0 Å². The van der Waals surface area contributed by atoms with Crippen LogP contribution in [0.1, 0.15) is 12.5 Å². The van der Waals surface area contributed by atoms with E-state index in [-0.39, 0.29) is 22.1 Å². The molecule has 27 heavy (non-hydrogen) atoms. The Kier molecular flexibility index (Phi) is 5.91. The lowest BCUT2D eigenvalue weighted by Crippen LogP contribution is -2.16. The minimum atomic E-state index is -4.74. The molecule has 11 heteroatoms. The zero-order chi connectivity index (χ0) is 20.4. The second-order valence-corrected chi connectivity index (χ2v) is 7.40. The molecule has 0 aliphatic rings. The SMILES string of the molecule is COc1ccc(NC(C)=O)cc1NS(=O)(=O)c1cc(C(F)(F)F)ccc1Cl. The molecule has 0 saturated heterocycles. The molecule has 2 rings (SSSR count). The van der Waals surface area contributed by atoms with Crippen molar-refractivity contribution in [2.45, 2.75) is 18.0 Å². The molecule has 0 aliphatic heterocycles. The average molecular weight is 423 g/mol. The van der Waals surface area contributed by atoms with Crippen molar-refractivity contribution < 1.29 is 31.1 Å². The summed E-state index contributed by atoms with van der Waals surface area (Å²) < 4.78 is 71.0. The number of benzene rings is 2. The monoisotopic (exact) mass is 422 g/mol. The van der Waals surface area contributed by atoms with Gasteiger partial charge in [-0.25, -0.2) is 8.42 Å². The van der Waals surface area contributed by atoms with Crippen molar-refractivity contribution in [2.75, 3.05) is 17.1 Å². The largest absolute Gasteiger partial charge is 0.495 e. The van der Waals surface area contributed by atoms with Crippen LogP contribution in [0.2, 0.25) is 5.02 Å². The fourth-order valence-corrected chi connectivity index (χ4v) is 3.74. The lowest BCUT2D eigenvalue weighted by Gasteiger charge is -2.15. The third-order valence-electron chi connectivity index (χ3n) is 3.31. The van der Waals surface area contributed by atoms with Gasteiger partial charge in [-0.1, -0.05) is 11.6 Å². The topological polar surface area (TPSA) is 84.5 Å². The van der Waals surface area contributed by atoms with E-state index in [2.05, 4.69) is 10.0 Å². The van der Waals surface area contributed by atoms with Gasteiger partial charge in [0.15, 0.2) is 0 Å². The molecule has 146 valence electrons. The molecule has 2 aromatic rings. The molecule has 0 atom stereocenters. The van der Waals surface area contributed by atoms with Crippen LogP contribution in [0.3, 0.4) is 0 Å². The molecule has 6 nitrogen and oxygen atoms in total. The number of ether oxygens (including phenoxy) is 1. The summed E-state index contributed by atoms with van der Waals surface area (Å²) in [6.45, 7) is 1.26. The Morgan fingerprint density at radius 3 is 2.37 bits per heavy atom. The average Bonchev–Trinajstić information content (AvgIpc) is 2.53. The molecule has 0 heterocycles. The maximum Gasteiger partial charge on any atom is 0.416 e. The molecule has 0 unspecified atom stereocenters. The number of nitrogens with one attached hydrogen (secondary N) is 2. The molecule has 1 amide bonds. The van der Waals surface area contributed by atoms with Gasteiger partial charge in [0.1, 0.15) is 10.6 Å². The number of hydrogen-bond acceptors (Lipinski definition) is 4. The summed E-state index contributed by atoms with van der Waals surface area (Å²) in [6.07, 6.45) is -4.74. The first-order valence-electron chi connectivity index (χ1n) is 7.29. The highest BCUT2D eigenvalue weighted by Crippen LogP contribution is 2.35. The number of anilines is 2. The predicted molar refractivity (Wildman–Crippen MR) is 94.6 cm³/mol. The number of amides is 1. The van der Waals surface area contributed by atoms with E-state index in [0.29, 0.717) is 12.1 Å². The van der Waals surface area contributed by atoms with Gasteiger partial charge in [0, 0.05) is 12.6 Å². The highest BCUT2D eigenvalue weighted by molar-refractivity contribution is 7.92. The van der Waals surface area contributed by atoms with E-state index in [1.165, 1.54) is 32.2 Å². The lowest BCUT2D eigenvalue weighted by molar-refractivity contribution is -0.137. The molecule has 0 radical (unpaired) electrons. The Labute approximate surface area is 158 Å². The third-order valence-corrected chi connectivity index (χ3v) is 5.16. The maximum absolute atomic E-state index is 12.9. The normalized spacial score (nSPS) is 11.8. The van der Waals surface area contributed by atoms with Crippen LogP contribution < -0.4 is 14.8 Å². The molecule has 0 spiro atoms. The minimum Gasteiger partial charge on any atom is -0.495 e. The van der Waals surface area contributed by atoms with Gasteiger partial charge < -0.3 is 10.1 Å². The fraction of sp³-hybridized carbons (Fsp3) is 0.188. The van der Waals surface area contributed by atoms with Gasteiger partial charge in [-0.2, -0.15) is 13.2 Å². The van der Waals surface area contributed by atoms with Crippen molar-refractivity contribution in [1.82, 2.24) is 0 Å². The van der Waals surface area contributed by atoms with E-state index in [4.69, 9.17) is 16.3 Å². The van der Waals surface area contributed by atoms with E-state index in [1.54, 1.807) is 0 Å². The molecule has 0 aliphatic carbocycles. The highest BCUT2D eigenvalue weighted by Gasteiger charge is 2.33. The summed E-state index contributed by atoms with van der Waals surface area (Å²) in [4.78, 5) is 10.4. The number of sulfonamides is 1. The van der Waals surface area contributed by atoms with E-state index in [1.807, 2.05) is 0 Å². The zero-order valence-electron chi connectivity index (χ0n) is 14.0. The fourth-order valence-electron chi connectivity index (χ4n) is 2.15. The number of rotatable bonds is 5. The summed E-state index contributed by atoms with van der Waals surface area (Å²) in [6, 6.07) is 6.09. The Morgan fingerprint density at radius 1 is 1.15 bits per heavy atom. The van der Waals surface area contributed by atoms with Gasteiger partial charge in [0.2, 0.25) is 5.91 Å². The first-order valence-corrected chi connectivity index (χ1v) is 9.15. The smallest absolute Gasteiger partial charge is 0.416 e. The van der Waals surface area contributed by atoms with Crippen LogP contribution in [0.15, 0.2) is 41.3 Å². The van der Waals surface area contributed by atoms with Crippen molar-refractivity contribution in [3.63, 3.8) is 0 Å². The summed E-state index contributed by atoms with van der Waals surface area (Å²) in [5, 5.41) is 2.08. The van der Waals surface area contributed by atoms with E-state index in [9.17, 15) is 26.4 Å². The number of alkyl halides is 3. The van der Waals surface area contributed by atoms with Crippen molar-refractivity contribution in [1.29, 1.82) is 0 Å². The first-order chi connectivity index (χ1) is 12.4. The van der Waals surface area contributed by atoms with Crippen LogP contribution in [0.5, 0.6) is 5.75 Å². The maximum atomic E-state index is 12.9. The second kappa shape index (κ2) is 7.65. The number of carbonyl (C=O) groups is 1. The second-order valence-electron chi connectivity index (χ2n) is 5.34. The lowest BCUT2D eigenvalue weighted by atomic mass is 10.2. The van der Waals surface area contributed by atoms with E-state index < -0.39 is 32.6 Å². The number of hydrogen-bond donors (Lipinski definition) is 2. The van der Waals surface area contributed by atoms with Crippen LogP contribution in [0, 0.1) is 0 Å². The standard InChI is InChI=1S/C16H14ClF3N2O4S/c1-9(23)21-11-4-6-14(26-2)13(8-11)22-27(24,25)15-7-10(16(18,19)20)3-5-12(15)17/h3-8,22H,1-2H3,(H,21,23). The first kappa shape index (κ1) is 20.8. The Hall–Kier alpha value is -2.46. The van der Waals surface area contributed by atoms with Crippen molar-refractivity contribution >= 4 is 38.9 Å². The minimum absolute atomic E-state index is 0.0859. The Bertz CT molecular complexity index is 978. The van der Waals surface area contributed by atoms with Crippen LogP contribution >= 0.6 is 11.6 Å². The summed E-state index contributed by atoms with van der Waals surface area (Å²) in [5.41, 5.74) is -0.986. The van der Waals surface area contributed by atoms with Gasteiger partial charge in [-0.05, 0) is 36.4 Å². The molecule has 2 aromatic carbocycles. The van der Waals surface area contributed by atoms with Gasteiger partial charge >= 0.3 is 6.18 Å². The van der Waals surface area contributed by atoms with Gasteiger partial charge in [-0.3, -0.25) is 9.52 Å². The summed E-state index contributed by atoms with van der Waals surface area (Å²) >= 11 is 5.80. The number of carbonyl (C=O) groups excluding carboxylic acids is 1. The van der Waals surface area contributed by atoms with Crippen LogP contribution in [-0.4, -0.2) is 21.4 Å².